The summed E-state index contributed by atoms with van der Waals surface area (Å²) in [5, 5.41) is 3.33. The zero-order chi connectivity index (χ0) is 16.2. The number of hydrogen-bond donors (Lipinski definition) is 1. The molecule has 0 aromatic heterocycles. The SMILES string of the molecule is C1=COCc2cccc(c2)C2=NC(=NCC2)Nc2cccc(c2)C1. The van der Waals surface area contributed by atoms with Crippen molar-refractivity contribution in [1.82, 2.24) is 0 Å². The van der Waals surface area contributed by atoms with Crippen molar-refractivity contribution in [1.29, 1.82) is 0 Å². The lowest BCUT2D eigenvalue weighted by Crippen LogP contribution is -2.19. The van der Waals surface area contributed by atoms with Crippen LogP contribution in [0.4, 0.5) is 5.69 Å². The molecule has 0 aliphatic carbocycles. The maximum atomic E-state index is 5.66. The van der Waals surface area contributed by atoms with Gasteiger partial charge in [0.15, 0.2) is 0 Å². The summed E-state index contributed by atoms with van der Waals surface area (Å²) >= 11 is 0. The molecular weight excluding hydrogens is 298 g/mol. The molecule has 0 atom stereocenters. The van der Waals surface area contributed by atoms with Gasteiger partial charge in [-0.1, -0.05) is 30.3 Å². The first kappa shape index (κ1) is 14.7. The Hall–Kier alpha value is -2.88. The number of ether oxygens (including phenoxy) is 1. The summed E-state index contributed by atoms with van der Waals surface area (Å²) in [6.45, 7) is 1.32. The quantitative estimate of drug-likeness (QED) is 0.800. The summed E-state index contributed by atoms with van der Waals surface area (Å²) in [5.41, 5.74) is 5.58. The van der Waals surface area contributed by atoms with Crippen LogP contribution in [0.5, 0.6) is 0 Å². The van der Waals surface area contributed by atoms with Crippen LogP contribution in [0.3, 0.4) is 0 Å². The van der Waals surface area contributed by atoms with Crippen LogP contribution >= 0.6 is 0 Å². The Balaban J connectivity index is 1.73. The number of fused-ring (bicyclic) bond motifs is 6. The van der Waals surface area contributed by atoms with Crippen molar-refractivity contribution in [2.75, 3.05) is 11.9 Å². The van der Waals surface area contributed by atoms with E-state index < -0.39 is 0 Å². The van der Waals surface area contributed by atoms with E-state index in [0.29, 0.717) is 12.6 Å². The number of aliphatic imine (C=N–C) groups is 2. The van der Waals surface area contributed by atoms with Gasteiger partial charge in [0, 0.05) is 18.7 Å². The van der Waals surface area contributed by atoms with Gasteiger partial charge >= 0.3 is 0 Å². The molecule has 2 aliphatic rings. The van der Waals surface area contributed by atoms with E-state index >= 15 is 0 Å². The van der Waals surface area contributed by atoms with Crippen LogP contribution in [0.1, 0.15) is 23.1 Å². The molecule has 24 heavy (non-hydrogen) atoms. The maximum Gasteiger partial charge on any atom is 0.222 e. The second kappa shape index (κ2) is 6.71. The van der Waals surface area contributed by atoms with E-state index in [2.05, 4.69) is 46.7 Å². The summed E-state index contributed by atoms with van der Waals surface area (Å²) in [6.07, 6.45) is 5.51. The van der Waals surface area contributed by atoms with Crippen LogP contribution < -0.4 is 5.32 Å². The molecule has 4 heteroatoms. The van der Waals surface area contributed by atoms with E-state index in [1.165, 1.54) is 5.56 Å². The molecule has 0 spiro atoms. The van der Waals surface area contributed by atoms with Crippen LogP contribution in [-0.4, -0.2) is 18.2 Å². The molecule has 2 aromatic rings. The molecule has 0 radical (unpaired) electrons. The van der Waals surface area contributed by atoms with Crippen molar-refractivity contribution in [2.45, 2.75) is 19.4 Å². The fourth-order valence-corrected chi connectivity index (χ4v) is 2.91. The standard InChI is InChI=1S/C20H19N3O/c1-5-16-12-17(7-1)19-9-10-21-20(23-19)22-18-8-2-4-15(13-18)6-3-11-24-14-16/h1-5,7-8,11-13H,6,9-10,14H2,(H,21,22). The Morgan fingerprint density at radius 1 is 1.00 bits per heavy atom. The van der Waals surface area contributed by atoms with Crippen LogP contribution in [0.25, 0.3) is 0 Å². The molecule has 2 aromatic carbocycles. The van der Waals surface area contributed by atoms with Gasteiger partial charge in [-0.15, -0.1) is 0 Å². The predicted molar refractivity (Wildman–Crippen MR) is 97.6 cm³/mol. The number of rotatable bonds is 0. The van der Waals surface area contributed by atoms with Crippen LogP contribution in [0.15, 0.2) is 70.9 Å². The van der Waals surface area contributed by atoms with Crippen LogP contribution in [0, 0.1) is 0 Å². The minimum atomic E-state index is 0.566. The largest absolute Gasteiger partial charge is 0.497 e. The first-order valence-electron chi connectivity index (χ1n) is 8.21. The Labute approximate surface area is 141 Å². The van der Waals surface area contributed by atoms with E-state index in [1.54, 1.807) is 6.26 Å². The Morgan fingerprint density at radius 3 is 2.92 bits per heavy atom. The van der Waals surface area contributed by atoms with Gasteiger partial charge in [0.25, 0.3) is 0 Å². The van der Waals surface area contributed by atoms with E-state index in [0.717, 1.165) is 41.9 Å². The molecular formula is C20H19N3O. The fourth-order valence-electron chi connectivity index (χ4n) is 2.91. The molecule has 0 amide bonds. The molecule has 4 nitrogen and oxygen atoms in total. The highest BCUT2D eigenvalue weighted by molar-refractivity contribution is 6.11. The lowest BCUT2D eigenvalue weighted by atomic mass is 10.0. The first-order chi connectivity index (χ1) is 11.9. The van der Waals surface area contributed by atoms with Crippen LogP contribution in [0.2, 0.25) is 0 Å². The third-order valence-corrected chi connectivity index (χ3v) is 4.09. The lowest BCUT2D eigenvalue weighted by Gasteiger charge is -2.15. The summed E-state index contributed by atoms with van der Waals surface area (Å²) in [4.78, 5) is 9.23. The van der Waals surface area contributed by atoms with Gasteiger partial charge in [-0.3, -0.25) is 4.99 Å². The molecule has 0 unspecified atom stereocenters. The van der Waals surface area contributed by atoms with Crippen molar-refractivity contribution in [3.8, 4) is 0 Å². The number of allylic oxidation sites excluding steroid dienone is 1. The van der Waals surface area contributed by atoms with Crippen molar-refractivity contribution in [3.05, 3.63) is 77.6 Å². The van der Waals surface area contributed by atoms with Gasteiger partial charge in [-0.05, 0) is 47.4 Å². The zero-order valence-corrected chi connectivity index (χ0v) is 13.4. The molecule has 120 valence electrons. The summed E-state index contributed by atoms with van der Waals surface area (Å²) < 4.78 is 5.66. The van der Waals surface area contributed by atoms with E-state index in [-0.39, 0.29) is 0 Å². The number of guanidine groups is 1. The van der Waals surface area contributed by atoms with Crippen molar-refractivity contribution in [2.24, 2.45) is 9.98 Å². The molecule has 4 rings (SSSR count). The normalized spacial score (nSPS) is 16.7. The van der Waals surface area contributed by atoms with Crippen molar-refractivity contribution in [3.63, 3.8) is 0 Å². The third-order valence-electron chi connectivity index (χ3n) is 4.09. The van der Waals surface area contributed by atoms with Gasteiger partial charge in [0.1, 0.15) is 6.61 Å². The van der Waals surface area contributed by atoms with Gasteiger partial charge in [0.05, 0.1) is 12.0 Å². The van der Waals surface area contributed by atoms with E-state index in [4.69, 9.17) is 9.73 Å². The van der Waals surface area contributed by atoms with Crippen molar-refractivity contribution < 1.29 is 4.74 Å². The predicted octanol–water partition coefficient (Wildman–Crippen LogP) is 3.93. The Morgan fingerprint density at radius 2 is 1.92 bits per heavy atom. The number of hydrogen-bond acceptors (Lipinski definition) is 4. The van der Waals surface area contributed by atoms with Crippen molar-refractivity contribution >= 4 is 17.4 Å². The summed E-state index contributed by atoms with van der Waals surface area (Å²) in [6, 6.07) is 16.7. The smallest absolute Gasteiger partial charge is 0.222 e. The molecule has 0 fully saturated rings. The van der Waals surface area contributed by atoms with E-state index in [1.807, 2.05) is 18.2 Å². The maximum absolute atomic E-state index is 5.66. The number of benzene rings is 2. The van der Waals surface area contributed by atoms with Gasteiger partial charge < -0.3 is 10.1 Å². The third kappa shape index (κ3) is 3.38. The first-order valence-corrected chi connectivity index (χ1v) is 8.21. The zero-order valence-electron chi connectivity index (χ0n) is 13.4. The Bertz CT molecular complexity index is 836. The molecule has 0 saturated carbocycles. The highest BCUT2D eigenvalue weighted by atomic mass is 16.5. The topological polar surface area (TPSA) is 46.0 Å². The van der Waals surface area contributed by atoms with Gasteiger partial charge in [0.2, 0.25) is 5.96 Å². The minimum absolute atomic E-state index is 0.566. The Kier molecular flexibility index (Phi) is 4.11. The number of anilines is 1. The summed E-state index contributed by atoms with van der Waals surface area (Å²) in [7, 11) is 0. The highest BCUT2D eigenvalue weighted by Gasteiger charge is 2.12. The second-order valence-electron chi connectivity index (χ2n) is 5.93. The molecule has 1 N–H and O–H groups in total. The summed E-state index contributed by atoms with van der Waals surface area (Å²) in [5.74, 6) is 0.681. The monoisotopic (exact) mass is 317 g/mol. The average Bonchev–Trinajstić information content (AvgIpc) is 2.62. The molecule has 0 saturated heterocycles. The van der Waals surface area contributed by atoms with Gasteiger partial charge in [-0.2, -0.15) is 0 Å². The second-order valence-corrected chi connectivity index (χ2v) is 5.93. The lowest BCUT2D eigenvalue weighted by molar-refractivity contribution is 0.235. The van der Waals surface area contributed by atoms with Gasteiger partial charge in [-0.25, -0.2) is 4.99 Å². The fraction of sp³-hybridized carbons (Fsp3) is 0.200. The molecule has 2 heterocycles. The van der Waals surface area contributed by atoms with Crippen LogP contribution in [-0.2, 0) is 17.8 Å². The molecule has 6 bridgehead atoms. The number of nitrogens with zero attached hydrogens (tertiary/aromatic N) is 2. The van der Waals surface area contributed by atoms with E-state index in [9.17, 15) is 0 Å². The number of nitrogens with one attached hydrogen (secondary N) is 1. The molecule has 2 aliphatic heterocycles. The average molecular weight is 317 g/mol. The minimum Gasteiger partial charge on any atom is -0.497 e. The highest BCUT2D eigenvalue weighted by Crippen LogP contribution is 2.16.